The van der Waals surface area contributed by atoms with Gasteiger partial charge in [-0.3, -0.25) is 4.79 Å². The van der Waals surface area contributed by atoms with Crippen molar-refractivity contribution in [2.45, 2.75) is 19.3 Å². The SMILES string of the molecule is CC(C)(CNC(=O)c1cc(-c2ccccc2)on1)c1ccc2c(c1)OCO2. The van der Waals surface area contributed by atoms with Crippen LogP contribution in [0.4, 0.5) is 0 Å². The van der Waals surface area contributed by atoms with Gasteiger partial charge in [-0.05, 0) is 17.7 Å². The van der Waals surface area contributed by atoms with E-state index in [2.05, 4.69) is 24.3 Å². The van der Waals surface area contributed by atoms with Crippen LogP contribution in [0, 0.1) is 0 Å². The molecular formula is C21H20N2O4. The maximum absolute atomic E-state index is 12.5. The number of aromatic nitrogens is 1. The first-order chi connectivity index (χ1) is 13.0. The van der Waals surface area contributed by atoms with E-state index >= 15 is 0 Å². The molecule has 6 nitrogen and oxygen atoms in total. The molecule has 0 atom stereocenters. The number of ether oxygens (including phenoxy) is 2. The highest BCUT2D eigenvalue weighted by molar-refractivity contribution is 5.93. The summed E-state index contributed by atoms with van der Waals surface area (Å²) < 4.78 is 16.1. The molecule has 1 N–H and O–H groups in total. The van der Waals surface area contributed by atoms with E-state index in [-0.39, 0.29) is 23.8 Å². The van der Waals surface area contributed by atoms with Crippen molar-refractivity contribution in [2.24, 2.45) is 0 Å². The lowest BCUT2D eigenvalue weighted by Crippen LogP contribution is -2.36. The summed E-state index contributed by atoms with van der Waals surface area (Å²) in [5.41, 5.74) is 1.90. The van der Waals surface area contributed by atoms with E-state index in [4.69, 9.17) is 14.0 Å². The van der Waals surface area contributed by atoms with Crippen molar-refractivity contribution in [3.05, 3.63) is 65.9 Å². The molecular weight excluding hydrogens is 344 g/mol. The van der Waals surface area contributed by atoms with Gasteiger partial charge in [-0.1, -0.05) is 55.4 Å². The van der Waals surface area contributed by atoms with E-state index in [0.29, 0.717) is 12.3 Å². The molecule has 27 heavy (non-hydrogen) atoms. The van der Waals surface area contributed by atoms with Crippen molar-refractivity contribution in [1.82, 2.24) is 10.5 Å². The van der Waals surface area contributed by atoms with Crippen molar-refractivity contribution in [3.63, 3.8) is 0 Å². The maximum atomic E-state index is 12.5. The topological polar surface area (TPSA) is 73.6 Å². The first-order valence-corrected chi connectivity index (χ1v) is 8.73. The molecule has 0 spiro atoms. The average Bonchev–Trinajstić information content (AvgIpc) is 3.35. The molecule has 4 rings (SSSR count). The molecule has 0 bridgehead atoms. The minimum atomic E-state index is -0.289. The van der Waals surface area contributed by atoms with E-state index in [1.54, 1.807) is 6.07 Å². The van der Waals surface area contributed by atoms with Gasteiger partial charge in [0.05, 0.1) is 0 Å². The molecule has 0 radical (unpaired) electrons. The van der Waals surface area contributed by atoms with Crippen molar-refractivity contribution in [2.75, 3.05) is 13.3 Å². The normalized spacial score (nSPS) is 12.8. The van der Waals surface area contributed by atoms with Gasteiger partial charge in [-0.15, -0.1) is 0 Å². The number of nitrogens with zero attached hydrogens (tertiary/aromatic N) is 1. The van der Waals surface area contributed by atoms with Crippen LogP contribution in [0.1, 0.15) is 29.9 Å². The summed E-state index contributed by atoms with van der Waals surface area (Å²) >= 11 is 0. The molecule has 0 fully saturated rings. The van der Waals surface area contributed by atoms with Crippen LogP contribution in [0.25, 0.3) is 11.3 Å². The van der Waals surface area contributed by atoms with Gasteiger partial charge < -0.3 is 19.3 Å². The lowest BCUT2D eigenvalue weighted by Gasteiger charge is -2.25. The molecule has 3 aromatic rings. The van der Waals surface area contributed by atoms with E-state index < -0.39 is 0 Å². The van der Waals surface area contributed by atoms with Gasteiger partial charge >= 0.3 is 0 Å². The zero-order valence-corrected chi connectivity index (χ0v) is 15.2. The largest absolute Gasteiger partial charge is 0.454 e. The molecule has 1 aromatic heterocycles. The predicted molar refractivity (Wildman–Crippen MR) is 99.9 cm³/mol. The molecule has 1 aliphatic heterocycles. The third-order valence-corrected chi connectivity index (χ3v) is 4.65. The molecule has 1 amide bonds. The molecule has 2 aromatic carbocycles. The van der Waals surface area contributed by atoms with Crippen LogP contribution in [0.2, 0.25) is 0 Å². The summed E-state index contributed by atoms with van der Waals surface area (Å²) in [5, 5.41) is 6.83. The van der Waals surface area contributed by atoms with Gasteiger partial charge in [-0.25, -0.2) is 0 Å². The number of hydrogen-bond donors (Lipinski definition) is 1. The van der Waals surface area contributed by atoms with Gasteiger partial charge in [0.15, 0.2) is 23.0 Å². The Hall–Kier alpha value is -3.28. The van der Waals surface area contributed by atoms with Gasteiger partial charge in [0.1, 0.15) is 0 Å². The summed E-state index contributed by atoms with van der Waals surface area (Å²) in [6.45, 7) is 4.80. The number of hydrogen-bond acceptors (Lipinski definition) is 5. The second kappa shape index (κ2) is 6.79. The summed E-state index contributed by atoms with van der Waals surface area (Å²) in [7, 11) is 0. The number of carbonyl (C=O) groups excluding carboxylic acids is 1. The zero-order valence-electron chi connectivity index (χ0n) is 15.2. The van der Waals surface area contributed by atoms with E-state index in [1.807, 2.05) is 48.5 Å². The fraction of sp³-hybridized carbons (Fsp3) is 0.238. The van der Waals surface area contributed by atoms with Crippen LogP contribution in [-0.2, 0) is 5.41 Å². The second-order valence-electron chi connectivity index (χ2n) is 7.08. The van der Waals surface area contributed by atoms with Crippen LogP contribution in [0.5, 0.6) is 11.5 Å². The molecule has 0 unspecified atom stereocenters. The Bertz CT molecular complexity index is 963. The fourth-order valence-corrected chi connectivity index (χ4v) is 2.93. The first-order valence-electron chi connectivity index (χ1n) is 8.73. The fourth-order valence-electron chi connectivity index (χ4n) is 2.93. The number of benzene rings is 2. The standard InChI is InChI=1S/C21H20N2O4/c1-21(2,15-8-9-17-19(10-15)26-13-25-17)12-22-20(24)16-11-18(27-23-16)14-6-4-3-5-7-14/h3-11H,12-13H2,1-2H3,(H,22,24). The number of carbonyl (C=O) groups is 1. The Morgan fingerprint density at radius 3 is 2.67 bits per heavy atom. The molecule has 138 valence electrons. The van der Waals surface area contributed by atoms with Crippen molar-refractivity contribution >= 4 is 5.91 Å². The highest BCUT2D eigenvalue weighted by Crippen LogP contribution is 2.36. The molecule has 0 aliphatic carbocycles. The third-order valence-electron chi connectivity index (χ3n) is 4.65. The van der Waals surface area contributed by atoms with Gasteiger partial charge in [0.25, 0.3) is 5.91 Å². The monoisotopic (exact) mass is 364 g/mol. The minimum absolute atomic E-state index is 0.242. The Morgan fingerprint density at radius 2 is 1.85 bits per heavy atom. The maximum Gasteiger partial charge on any atom is 0.273 e. The number of nitrogens with one attached hydrogen (secondary N) is 1. The number of amides is 1. The molecule has 6 heteroatoms. The molecule has 2 heterocycles. The van der Waals surface area contributed by atoms with Crippen molar-refractivity contribution in [3.8, 4) is 22.8 Å². The van der Waals surface area contributed by atoms with Crippen molar-refractivity contribution in [1.29, 1.82) is 0 Å². The first kappa shape index (κ1) is 17.1. The lowest BCUT2D eigenvalue weighted by molar-refractivity contribution is 0.0936. The lowest BCUT2D eigenvalue weighted by atomic mass is 9.84. The van der Waals surface area contributed by atoms with E-state index in [9.17, 15) is 4.79 Å². The van der Waals surface area contributed by atoms with Crippen LogP contribution < -0.4 is 14.8 Å². The minimum Gasteiger partial charge on any atom is -0.454 e. The number of rotatable bonds is 5. The summed E-state index contributed by atoms with van der Waals surface area (Å²) in [4.78, 5) is 12.5. The van der Waals surface area contributed by atoms with Gasteiger partial charge in [0, 0.05) is 23.6 Å². The summed E-state index contributed by atoms with van der Waals surface area (Å²) in [5.74, 6) is 1.77. The Morgan fingerprint density at radius 1 is 1.07 bits per heavy atom. The average molecular weight is 364 g/mol. The third kappa shape index (κ3) is 3.51. The summed E-state index contributed by atoms with van der Waals surface area (Å²) in [6, 6.07) is 17.0. The quantitative estimate of drug-likeness (QED) is 0.746. The number of fused-ring (bicyclic) bond motifs is 1. The Balaban J connectivity index is 1.43. The van der Waals surface area contributed by atoms with Gasteiger partial charge in [-0.2, -0.15) is 0 Å². The zero-order chi connectivity index (χ0) is 18.9. The predicted octanol–water partition coefficient (Wildman–Crippen LogP) is 3.78. The van der Waals surface area contributed by atoms with Crippen molar-refractivity contribution < 1.29 is 18.8 Å². The second-order valence-corrected chi connectivity index (χ2v) is 7.08. The van der Waals surface area contributed by atoms with Crippen LogP contribution >= 0.6 is 0 Å². The smallest absolute Gasteiger partial charge is 0.273 e. The van der Waals surface area contributed by atoms with Crippen LogP contribution in [-0.4, -0.2) is 24.4 Å². The van der Waals surface area contributed by atoms with Gasteiger partial charge in [0.2, 0.25) is 6.79 Å². The summed E-state index contributed by atoms with van der Waals surface area (Å²) in [6.07, 6.45) is 0. The Kier molecular flexibility index (Phi) is 4.32. The molecule has 0 saturated carbocycles. The highest BCUT2D eigenvalue weighted by atomic mass is 16.7. The van der Waals surface area contributed by atoms with Crippen LogP contribution in [0.3, 0.4) is 0 Å². The van der Waals surface area contributed by atoms with Crippen LogP contribution in [0.15, 0.2) is 59.1 Å². The highest BCUT2D eigenvalue weighted by Gasteiger charge is 2.25. The van der Waals surface area contributed by atoms with E-state index in [1.165, 1.54) is 0 Å². The van der Waals surface area contributed by atoms with E-state index in [0.717, 1.165) is 22.6 Å². The molecule has 0 saturated heterocycles. The molecule has 1 aliphatic rings. The Labute approximate surface area is 157 Å².